The molecule has 0 amide bonds. The molecule has 0 saturated carbocycles. The van der Waals surface area contributed by atoms with Gasteiger partial charge in [0.15, 0.2) is 0 Å². The molecule has 4 nitrogen and oxygen atoms in total. The maximum Gasteiger partial charge on any atom is 0.282 e. The first-order chi connectivity index (χ1) is 11.9. The van der Waals surface area contributed by atoms with Crippen LogP contribution >= 0.6 is 7.59 Å². The number of hydrogen-bond donors (Lipinski definition) is 2. The van der Waals surface area contributed by atoms with E-state index in [0.717, 1.165) is 11.1 Å². The molecule has 0 saturated heterocycles. The number of nitrogens with one attached hydrogen (secondary N) is 2. The summed E-state index contributed by atoms with van der Waals surface area (Å²) in [6, 6.07) is 20.5. The van der Waals surface area contributed by atoms with Gasteiger partial charge in [0.2, 0.25) is 0 Å². The highest BCUT2D eigenvalue weighted by atomic mass is 31.2. The van der Waals surface area contributed by atoms with Crippen LogP contribution in [-0.2, 0) is 17.7 Å². The number of nitrogens with zero attached hydrogens (tertiary/aromatic N) is 1. The van der Waals surface area contributed by atoms with Crippen molar-refractivity contribution in [2.75, 3.05) is 0 Å². The zero-order valence-electron chi connectivity index (χ0n) is 15.6. The van der Waals surface area contributed by atoms with Crippen LogP contribution in [-0.4, -0.2) is 16.8 Å². The van der Waals surface area contributed by atoms with Crippen LogP contribution in [0, 0.1) is 0 Å². The van der Waals surface area contributed by atoms with E-state index in [-0.39, 0.29) is 12.1 Å². The lowest BCUT2D eigenvalue weighted by Gasteiger charge is -2.38. The number of rotatable bonds is 9. The molecule has 2 aromatic rings. The fraction of sp³-hybridized carbons (Fsp3) is 0.400. The second-order valence-electron chi connectivity index (χ2n) is 6.78. The van der Waals surface area contributed by atoms with E-state index in [0.29, 0.717) is 13.1 Å². The van der Waals surface area contributed by atoms with E-state index in [2.05, 4.69) is 42.5 Å². The van der Waals surface area contributed by atoms with E-state index in [1.165, 1.54) is 0 Å². The molecule has 0 aliphatic carbocycles. The Balaban J connectivity index is 2.18. The molecule has 0 atom stereocenters. The molecule has 0 heterocycles. The normalized spacial score (nSPS) is 12.3. The molecule has 5 heteroatoms. The first-order valence-electron chi connectivity index (χ1n) is 8.89. The predicted octanol–water partition coefficient (Wildman–Crippen LogP) is 4.79. The summed E-state index contributed by atoms with van der Waals surface area (Å²) in [6.45, 7) is 9.47. The maximum atomic E-state index is 13.8. The summed E-state index contributed by atoms with van der Waals surface area (Å²) in [4.78, 5) is 0. The Morgan fingerprint density at radius 2 is 1.12 bits per heavy atom. The van der Waals surface area contributed by atoms with Crippen LogP contribution in [0.3, 0.4) is 0 Å². The minimum atomic E-state index is -2.94. The molecule has 2 N–H and O–H groups in total. The fourth-order valence-corrected chi connectivity index (χ4v) is 5.59. The number of hydrogen-bond acceptors (Lipinski definition) is 1. The largest absolute Gasteiger partial charge is 0.282 e. The lowest BCUT2D eigenvalue weighted by Crippen LogP contribution is -2.43. The van der Waals surface area contributed by atoms with Crippen molar-refractivity contribution in [1.29, 1.82) is 0 Å². The van der Waals surface area contributed by atoms with Gasteiger partial charge in [-0.15, -0.1) is 0 Å². The summed E-state index contributed by atoms with van der Waals surface area (Å²) in [5.41, 5.74) is 2.24. The minimum absolute atomic E-state index is 0.164. The van der Waals surface area contributed by atoms with Crippen molar-refractivity contribution < 1.29 is 4.57 Å². The van der Waals surface area contributed by atoms with Gasteiger partial charge in [0.1, 0.15) is 0 Å². The van der Waals surface area contributed by atoms with Gasteiger partial charge in [-0.1, -0.05) is 60.7 Å². The Morgan fingerprint density at radius 1 is 0.760 bits per heavy atom. The molecule has 25 heavy (non-hydrogen) atoms. The van der Waals surface area contributed by atoms with Crippen molar-refractivity contribution in [2.24, 2.45) is 0 Å². The van der Waals surface area contributed by atoms with Crippen molar-refractivity contribution >= 4 is 7.59 Å². The average Bonchev–Trinajstić information content (AvgIpc) is 2.59. The van der Waals surface area contributed by atoms with Gasteiger partial charge >= 0.3 is 0 Å². The zero-order chi connectivity index (χ0) is 18.3. The second-order valence-corrected chi connectivity index (χ2v) is 9.03. The van der Waals surface area contributed by atoms with Crippen LogP contribution < -0.4 is 10.2 Å². The summed E-state index contributed by atoms with van der Waals surface area (Å²) >= 11 is 0. The number of benzene rings is 2. The molecule has 2 rings (SSSR count). The topological polar surface area (TPSA) is 44.4 Å². The molecular weight excluding hydrogens is 329 g/mol. The predicted molar refractivity (Wildman–Crippen MR) is 106 cm³/mol. The third kappa shape index (κ3) is 5.79. The first kappa shape index (κ1) is 19.9. The van der Waals surface area contributed by atoms with Crippen LogP contribution in [0.4, 0.5) is 0 Å². The Labute approximate surface area is 152 Å². The van der Waals surface area contributed by atoms with E-state index in [1.807, 2.05) is 60.7 Å². The molecule has 0 aromatic heterocycles. The first-order valence-corrected chi connectivity index (χ1v) is 10.6. The Bertz CT molecular complexity index is 618. The van der Waals surface area contributed by atoms with E-state index in [9.17, 15) is 4.57 Å². The van der Waals surface area contributed by atoms with Crippen LogP contribution in [0.15, 0.2) is 60.7 Å². The Kier molecular flexibility index (Phi) is 7.39. The van der Waals surface area contributed by atoms with Gasteiger partial charge in [-0.3, -0.25) is 4.57 Å². The summed E-state index contributed by atoms with van der Waals surface area (Å²) in [7, 11) is -2.94. The Morgan fingerprint density at radius 3 is 1.44 bits per heavy atom. The Hall–Kier alpha value is -1.45. The SMILES string of the molecule is CC(C)N(C(C)C)P(=O)(NCc1ccccc1)NCc1ccccc1. The van der Waals surface area contributed by atoms with Crippen molar-refractivity contribution in [3.8, 4) is 0 Å². The van der Waals surface area contributed by atoms with Gasteiger partial charge < -0.3 is 0 Å². The second kappa shape index (κ2) is 9.30. The fourth-order valence-electron chi connectivity index (χ4n) is 3.05. The summed E-state index contributed by atoms with van der Waals surface area (Å²) in [6.07, 6.45) is 0. The van der Waals surface area contributed by atoms with Crippen molar-refractivity contribution in [3.63, 3.8) is 0 Å². The zero-order valence-corrected chi connectivity index (χ0v) is 16.5. The smallest absolute Gasteiger partial charge is 0.271 e. The monoisotopic (exact) mass is 359 g/mol. The third-order valence-electron chi connectivity index (χ3n) is 4.06. The molecule has 2 aromatic carbocycles. The molecule has 0 bridgehead atoms. The summed E-state index contributed by atoms with van der Waals surface area (Å²) < 4.78 is 15.9. The van der Waals surface area contributed by atoms with Crippen molar-refractivity contribution in [1.82, 2.24) is 14.8 Å². The quantitative estimate of drug-likeness (QED) is 0.632. The molecule has 0 aliphatic heterocycles. The molecular formula is C20H30N3OP. The average molecular weight is 359 g/mol. The van der Waals surface area contributed by atoms with Gasteiger partial charge in [0, 0.05) is 25.2 Å². The van der Waals surface area contributed by atoms with E-state index >= 15 is 0 Å². The molecule has 0 aliphatic rings. The maximum absolute atomic E-state index is 13.8. The highest BCUT2D eigenvalue weighted by Gasteiger charge is 2.34. The standard InChI is InChI=1S/C20H30N3OP/c1-17(2)23(18(3)4)25(24,21-15-19-11-7-5-8-12-19)22-16-20-13-9-6-10-14-20/h5-14,17-18H,15-16H2,1-4H3,(H2,21,22,24). The van der Waals surface area contributed by atoms with E-state index in [4.69, 9.17) is 0 Å². The molecule has 0 unspecified atom stereocenters. The molecule has 136 valence electrons. The van der Waals surface area contributed by atoms with Gasteiger partial charge in [-0.2, -0.15) is 0 Å². The highest BCUT2D eigenvalue weighted by molar-refractivity contribution is 7.57. The highest BCUT2D eigenvalue weighted by Crippen LogP contribution is 2.45. The molecule has 0 radical (unpaired) electrons. The van der Waals surface area contributed by atoms with Crippen molar-refractivity contribution in [3.05, 3.63) is 71.8 Å². The van der Waals surface area contributed by atoms with Crippen molar-refractivity contribution in [2.45, 2.75) is 52.9 Å². The minimum Gasteiger partial charge on any atom is -0.271 e. The van der Waals surface area contributed by atoms with Gasteiger partial charge in [-0.25, -0.2) is 14.8 Å². The van der Waals surface area contributed by atoms with Gasteiger partial charge in [0.25, 0.3) is 7.59 Å². The van der Waals surface area contributed by atoms with E-state index < -0.39 is 7.59 Å². The van der Waals surface area contributed by atoms with Crippen LogP contribution in [0.1, 0.15) is 38.8 Å². The molecule has 0 fully saturated rings. The third-order valence-corrected chi connectivity index (χ3v) is 6.81. The van der Waals surface area contributed by atoms with Gasteiger partial charge in [0.05, 0.1) is 0 Å². The summed E-state index contributed by atoms with van der Waals surface area (Å²) in [5.74, 6) is 0. The summed E-state index contributed by atoms with van der Waals surface area (Å²) in [5, 5.41) is 6.63. The lowest BCUT2D eigenvalue weighted by molar-refractivity contribution is 0.288. The lowest BCUT2D eigenvalue weighted by atomic mass is 10.2. The molecule has 0 spiro atoms. The van der Waals surface area contributed by atoms with Crippen LogP contribution in [0.2, 0.25) is 0 Å². The van der Waals surface area contributed by atoms with Gasteiger partial charge in [-0.05, 0) is 38.8 Å². The van der Waals surface area contributed by atoms with E-state index in [1.54, 1.807) is 0 Å². The van der Waals surface area contributed by atoms with Crippen LogP contribution in [0.5, 0.6) is 0 Å². The van der Waals surface area contributed by atoms with Crippen LogP contribution in [0.25, 0.3) is 0 Å².